The Morgan fingerprint density at radius 2 is 1.69 bits per heavy atom. The maximum absolute atomic E-state index is 14.7. The van der Waals surface area contributed by atoms with E-state index in [1.807, 2.05) is 0 Å². The lowest BCUT2D eigenvalue weighted by molar-refractivity contribution is 0.626. The summed E-state index contributed by atoms with van der Waals surface area (Å²) in [5.74, 6) is -0.764. The predicted molar refractivity (Wildman–Crippen MR) is 115 cm³/mol. The zero-order chi connectivity index (χ0) is 22.7. The molecule has 2 aromatic carbocycles. The van der Waals surface area contributed by atoms with Gasteiger partial charge in [0.2, 0.25) is 5.78 Å². The molecule has 32 heavy (non-hydrogen) atoms. The summed E-state index contributed by atoms with van der Waals surface area (Å²) in [6.45, 7) is 0.143. The standard InChI is InChI=1S/C21H15ClF2N6O2/c1-27-18-16(19(31)28(2)21(27)32)29(10-11-6-8-12(23)9-7-11)20-26-25-17(30(18)20)15-13(22)4-3-5-14(15)24/h3-9H,10H2,1-2H3. The highest BCUT2D eigenvalue weighted by molar-refractivity contribution is 6.33. The van der Waals surface area contributed by atoms with Crippen LogP contribution in [-0.2, 0) is 20.6 Å². The van der Waals surface area contributed by atoms with Gasteiger partial charge in [-0.15, -0.1) is 10.2 Å². The molecular weight excluding hydrogens is 442 g/mol. The summed E-state index contributed by atoms with van der Waals surface area (Å²) in [5.41, 5.74) is -0.0817. The first-order valence-electron chi connectivity index (χ1n) is 9.51. The Labute approximate surface area is 183 Å². The molecule has 5 rings (SSSR count). The van der Waals surface area contributed by atoms with Crippen molar-refractivity contribution < 1.29 is 8.78 Å². The molecule has 0 aliphatic rings. The number of halogens is 3. The topological polar surface area (TPSA) is 79.1 Å². The monoisotopic (exact) mass is 456 g/mol. The van der Waals surface area contributed by atoms with Gasteiger partial charge in [0.25, 0.3) is 5.56 Å². The molecule has 0 saturated heterocycles. The number of nitrogens with zero attached hydrogens (tertiary/aromatic N) is 6. The molecule has 11 heteroatoms. The van der Waals surface area contributed by atoms with Crippen molar-refractivity contribution in [1.29, 1.82) is 0 Å². The van der Waals surface area contributed by atoms with Crippen LogP contribution in [0.15, 0.2) is 52.1 Å². The van der Waals surface area contributed by atoms with Gasteiger partial charge in [-0.2, -0.15) is 0 Å². The number of benzene rings is 2. The Hall–Kier alpha value is -3.79. The van der Waals surface area contributed by atoms with Crippen molar-refractivity contribution in [3.05, 3.63) is 85.5 Å². The summed E-state index contributed by atoms with van der Waals surface area (Å²) in [4.78, 5) is 25.8. The maximum Gasteiger partial charge on any atom is 0.332 e. The quantitative estimate of drug-likeness (QED) is 0.418. The fourth-order valence-electron chi connectivity index (χ4n) is 3.85. The maximum atomic E-state index is 14.7. The van der Waals surface area contributed by atoms with E-state index >= 15 is 0 Å². The number of aryl methyl sites for hydroxylation is 1. The SMILES string of the molecule is Cn1c(=O)c2c(n(C)c1=O)n1c(-c3c(F)cccc3Cl)nnc1n2Cc1ccc(F)cc1. The van der Waals surface area contributed by atoms with E-state index in [0.717, 1.165) is 4.57 Å². The summed E-state index contributed by atoms with van der Waals surface area (Å²) < 4.78 is 33.3. The van der Waals surface area contributed by atoms with Crippen molar-refractivity contribution in [2.24, 2.45) is 14.1 Å². The lowest BCUT2D eigenvalue weighted by Crippen LogP contribution is -2.37. The molecule has 3 aromatic heterocycles. The molecule has 0 fully saturated rings. The van der Waals surface area contributed by atoms with Crippen molar-refractivity contribution >= 4 is 28.5 Å². The Kier molecular flexibility index (Phi) is 4.48. The van der Waals surface area contributed by atoms with Gasteiger partial charge in [-0.25, -0.2) is 18.0 Å². The van der Waals surface area contributed by atoms with E-state index in [-0.39, 0.29) is 39.9 Å². The largest absolute Gasteiger partial charge is 0.332 e. The minimum Gasteiger partial charge on any atom is -0.298 e. The molecule has 0 aliphatic carbocycles. The zero-order valence-corrected chi connectivity index (χ0v) is 17.6. The van der Waals surface area contributed by atoms with E-state index in [2.05, 4.69) is 10.2 Å². The van der Waals surface area contributed by atoms with E-state index in [1.165, 1.54) is 53.4 Å². The van der Waals surface area contributed by atoms with Gasteiger partial charge < -0.3 is 0 Å². The normalized spacial score (nSPS) is 11.7. The molecule has 0 atom stereocenters. The second-order valence-corrected chi connectivity index (χ2v) is 7.75. The molecule has 0 radical (unpaired) electrons. The summed E-state index contributed by atoms with van der Waals surface area (Å²) in [6.07, 6.45) is 0. The average Bonchev–Trinajstić information content (AvgIpc) is 3.31. The first-order valence-corrected chi connectivity index (χ1v) is 9.89. The zero-order valence-electron chi connectivity index (χ0n) is 16.9. The fourth-order valence-corrected chi connectivity index (χ4v) is 4.10. The third kappa shape index (κ3) is 2.79. The van der Waals surface area contributed by atoms with Crippen LogP contribution in [0.5, 0.6) is 0 Å². The molecule has 0 saturated carbocycles. The highest BCUT2D eigenvalue weighted by Crippen LogP contribution is 2.31. The molecule has 0 amide bonds. The summed E-state index contributed by atoms with van der Waals surface area (Å²) >= 11 is 6.25. The molecule has 162 valence electrons. The van der Waals surface area contributed by atoms with Crippen molar-refractivity contribution in [2.75, 3.05) is 0 Å². The van der Waals surface area contributed by atoms with Crippen LogP contribution in [0, 0.1) is 11.6 Å². The van der Waals surface area contributed by atoms with Crippen LogP contribution in [0.3, 0.4) is 0 Å². The Morgan fingerprint density at radius 3 is 2.38 bits per heavy atom. The molecule has 3 heterocycles. The van der Waals surface area contributed by atoms with Gasteiger partial charge in [-0.3, -0.25) is 18.5 Å². The lowest BCUT2D eigenvalue weighted by atomic mass is 10.2. The molecule has 0 unspecified atom stereocenters. The average molecular weight is 457 g/mol. The predicted octanol–water partition coefficient (Wildman–Crippen LogP) is 2.73. The van der Waals surface area contributed by atoms with Crippen molar-refractivity contribution in [3.63, 3.8) is 0 Å². The molecule has 0 bridgehead atoms. The number of rotatable bonds is 3. The van der Waals surface area contributed by atoms with Gasteiger partial charge in [-0.1, -0.05) is 29.8 Å². The number of aromatic nitrogens is 6. The summed E-state index contributed by atoms with van der Waals surface area (Å²) in [6, 6.07) is 9.97. The van der Waals surface area contributed by atoms with Crippen LogP contribution in [0.2, 0.25) is 5.02 Å². The van der Waals surface area contributed by atoms with Gasteiger partial charge in [-0.05, 0) is 29.8 Å². The van der Waals surface area contributed by atoms with E-state index in [9.17, 15) is 18.4 Å². The molecule has 5 aromatic rings. The Morgan fingerprint density at radius 1 is 0.969 bits per heavy atom. The second-order valence-electron chi connectivity index (χ2n) is 7.35. The summed E-state index contributed by atoms with van der Waals surface area (Å²) in [7, 11) is 2.87. The van der Waals surface area contributed by atoms with Gasteiger partial charge >= 0.3 is 5.69 Å². The van der Waals surface area contributed by atoms with Crippen LogP contribution < -0.4 is 11.2 Å². The van der Waals surface area contributed by atoms with Gasteiger partial charge in [0, 0.05) is 14.1 Å². The molecule has 0 spiro atoms. The van der Waals surface area contributed by atoms with Crippen LogP contribution in [0.1, 0.15) is 5.56 Å². The third-order valence-electron chi connectivity index (χ3n) is 5.42. The van der Waals surface area contributed by atoms with Gasteiger partial charge in [0.05, 0.1) is 17.1 Å². The van der Waals surface area contributed by atoms with E-state index in [0.29, 0.717) is 5.56 Å². The number of imidazole rings is 1. The highest BCUT2D eigenvalue weighted by Gasteiger charge is 2.26. The van der Waals surface area contributed by atoms with Crippen molar-refractivity contribution in [1.82, 2.24) is 28.3 Å². The number of fused-ring (bicyclic) bond motifs is 3. The van der Waals surface area contributed by atoms with Gasteiger partial charge in [0.15, 0.2) is 17.0 Å². The van der Waals surface area contributed by atoms with E-state index < -0.39 is 22.9 Å². The minimum atomic E-state index is -0.625. The van der Waals surface area contributed by atoms with E-state index in [4.69, 9.17) is 11.6 Å². The highest BCUT2D eigenvalue weighted by atomic mass is 35.5. The molecule has 0 aliphatic heterocycles. The first kappa shape index (κ1) is 20.1. The lowest BCUT2D eigenvalue weighted by Gasteiger charge is -2.08. The van der Waals surface area contributed by atoms with Gasteiger partial charge in [0.1, 0.15) is 11.6 Å². The first-order chi connectivity index (χ1) is 15.3. The third-order valence-corrected chi connectivity index (χ3v) is 5.73. The van der Waals surface area contributed by atoms with Crippen molar-refractivity contribution in [3.8, 4) is 11.4 Å². The molecule has 8 nitrogen and oxygen atoms in total. The summed E-state index contributed by atoms with van der Waals surface area (Å²) in [5, 5.41) is 8.41. The van der Waals surface area contributed by atoms with Crippen molar-refractivity contribution in [2.45, 2.75) is 6.54 Å². The Bertz CT molecular complexity index is 1630. The molecular formula is C21H15ClF2N6O2. The second kappa shape index (κ2) is 7.13. The van der Waals surface area contributed by atoms with Crippen LogP contribution in [0.25, 0.3) is 28.3 Å². The van der Waals surface area contributed by atoms with Crippen LogP contribution in [-0.4, -0.2) is 28.3 Å². The smallest absolute Gasteiger partial charge is 0.298 e. The van der Waals surface area contributed by atoms with Crippen LogP contribution >= 0.6 is 11.6 Å². The molecule has 0 N–H and O–H groups in total. The fraction of sp³-hybridized carbons (Fsp3) is 0.143. The van der Waals surface area contributed by atoms with Crippen LogP contribution in [0.4, 0.5) is 8.78 Å². The number of hydrogen-bond acceptors (Lipinski definition) is 4. The van der Waals surface area contributed by atoms with E-state index in [1.54, 1.807) is 16.7 Å². The minimum absolute atomic E-state index is 0.00405. The number of hydrogen-bond donors (Lipinski definition) is 0. The Balaban J connectivity index is 1.94.